The molecule has 15 heavy (non-hydrogen) atoms. The van der Waals surface area contributed by atoms with E-state index >= 15 is 0 Å². The second-order valence-corrected chi connectivity index (χ2v) is 3.21. The quantitative estimate of drug-likeness (QED) is 0.619. The Morgan fingerprint density at radius 2 is 2.07 bits per heavy atom. The van der Waals surface area contributed by atoms with Crippen molar-refractivity contribution in [3.63, 3.8) is 0 Å². The van der Waals surface area contributed by atoms with Gasteiger partial charge in [-0.3, -0.25) is 4.79 Å². The molecule has 0 unspecified atom stereocenters. The average Bonchev–Trinajstić information content (AvgIpc) is 2.16. The van der Waals surface area contributed by atoms with E-state index in [1.54, 1.807) is 0 Å². The summed E-state index contributed by atoms with van der Waals surface area (Å²) >= 11 is 0. The SMILES string of the molecule is CCN[C@H](C)CNC(=O)CCOCC.Cl. The Hall–Kier alpha value is -0.320. The van der Waals surface area contributed by atoms with Crippen LogP contribution in [0.5, 0.6) is 0 Å². The van der Waals surface area contributed by atoms with E-state index < -0.39 is 0 Å². The lowest BCUT2D eigenvalue weighted by atomic mass is 10.3. The number of hydrogen-bond acceptors (Lipinski definition) is 3. The van der Waals surface area contributed by atoms with Crippen molar-refractivity contribution in [3.8, 4) is 0 Å². The summed E-state index contributed by atoms with van der Waals surface area (Å²) in [7, 11) is 0. The Morgan fingerprint density at radius 1 is 1.40 bits per heavy atom. The van der Waals surface area contributed by atoms with Crippen molar-refractivity contribution < 1.29 is 9.53 Å². The predicted octanol–water partition coefficient (Wildman–Crippen LogP) is 0.949. The minimum Gasteiger partial charge on any atom is -0.381 e. The van der Waals surface area contributed by atoms with Crippen molar-refractivity contribution in [3.05, 3.63) is 0 Å². The fourth-order valence-corrected chi connectivity index (χ4v) is 1.09. The van der Waals surface area contributed by atoms with Crippen molar-refractivity contribution in [2.75, 3.05) is 26.3 Å². The topological polar surface area (TPSA) is 50.4 Å². The monoisotopic (exact) mass is 238 g/mol. The van der Waals surface area contributed by atoms with Crippen LogP contribution in [0.3, 0.4) is 0 Å². The van der Waals surface area contributed by atoms with Crippen molar-refractivity contribution >= 4 is 18.3 Å². The molecule has 0 saturated carbocycles. The van der Waals surface area contributed by atoms with Crippen molar-refractivity contribution in [2.24, 2.45) is 0 Å². The average molecular weight is 239 g/mol. The lowest BCUT2D eigenvalue weighted by Gasteiger charge is -2.12. The maximum atomic E-state index is 11.2. The van der Waals surface area contributed by atoms with Gasteiger partial charge in [-0.15, -0.1) is 12.4 Å². The van der Waals surface area contributed by atoms with E-state index in [2.05, 4.69) is 10.6 Å². The molecular weight excluding hydrogens is 216 g/mol. The summed E-state index contributed by atoms with van der Waals surface area (Å²) in [5, 5.41) is 6.07. The summed E-state index contributed by atoms with van der Waals surface area (Å²) in [6, 6.07) is 0.330. The molecule has 0 bridgehead atoms. The molecule has 0 radical (unpaired) electrons. The molecule has 2 N–H and O–H groups in total. The molecule has 1 atom stereocenters. The van der Waals surface area contributed by atoms with Crippen LogP contribution in [-0.4, -0.2) is 38.3 Å². The van der Waals surface area contributed by atoms with Crippen LogP contribution < -0.4 is 10.6 Å². The number of ether oxygens (including phenoxy) is 1. The van der Waals surface area contributed by atoms with Crippen LogP contribution in [0.15, 0.2) is 0 Å². The van der Waals surface area contributed by atoms with Gasteiger partial charge in [-0.25, -0.2) is 0 Å². The Labute approximate surface area is 98.6 Å². The van der Waals surface area contributed by atoms with Crippen molar-refractivity contribution in [1.82, 2.24) is 10.6 Å². The third kappa shape index (κ3) is 11.6. The van der Waals surface area contributed by atoms with E-state index in [0.717, 1.165) is 6.54 Å². The minimum absolute atomic E-state index is 0. The number of rotatable bonds is 8. The van der Waals surface area contributed by atoms with Gasteiger partial charge in [0.15, 0.2) is 0 Å². The van der Waals surface area contributed by atoms with Crippen molar-refractivity contribution in [2.45, 2.75) is 33.2 Å². The number of carbonyl (C=O) groups is 1. The summed E-state index contributed by atoms with van der Waals surface area (Å²) in [5.41, 5.74) is 0. The first-order valence-corrected chi connectivity index (χ1v) is 5.28. The molecular formula is C10H23ClN2O2. The summed E-state index contributed by atoms with van der Waals surface area (Å²) in [4.78, 5) is 11.2. The minimum atomic E-state index is 0. The maximum Gasteiger partial charge on any atom is 0.222 e. The summed E-state index contributed by atoms with van der Waals surface area (Å²) in [5.74, 6) is 0.0585. The van der Waals surface area contributed by atoms with E-state index in [9.17, 15) is 4.79 Å². The first-order chi connectivity index (χ1) is 6.70. The molecule has 0 aliphatic heterocycles. The van der Waals surface area contributed by atoms with Crippen LogP contribution in [0.1, 0.15) is 27.2 Å². The van der Waals surface area contributed by atoms with Gasteiger partial charge in [-0.2, -0.15) is 0 Å². The van der Waals surface area contributed by atoms with E-state index in [4.69, 9.17) is 4.74 Å². The zero-order chi connectivity index (χ0) is 10.8. The van der Waals surface area contributed by atoms with Crippen LogP contribution in [0.2, 0.25) is 0 Å². The number of halogens is 1. The Balaban J connectivity index is 0. The summed E-state index contributed by atoms with van der Waals surface area (Å²) < 4.78 is 5.08. The zero-order valence-corrected chi connectivity index (χ0v) is 10.7. The fourth-order valence-electron chi connectivity index (χ4n) is 1.09. The van der Waals surface area contributed by atoms with Gasteiger partial charge in [0, 0.05) is 25.6 Å². The highest BCUT2D eigenvalue weighted by Gasteiger charge is 2.03. The zero-order valence-electron chi connectivity index (χ0n) is 9.84. The third-order valence-electron chi connectivity index (χ3n) is 1.84. The molecule has 92 valence electrons. The van der Waals surface area contributed by atoms with Crippen LogP contribution in [0.25, 0.3) is 0 Å². The second-order valence-electron chi connectivity index (χ2n) is 3.21. The van der Waals surface area contributed by atoms with Crippen LogP contribution >= 0.6 is 12.4 Å². The molecule has 0 aromatic rings. The van der Waals surface area contributed by atoms with Gasteiger partial charge in [0.25, 0.3) is 0 Å². The molecule has 0 saturated heterocycles. The highest BCUT2D eigenvalue weighted by atomic mass is 35.5. The molecule has 0 aliphatic carbocycles. The van der Waals surface area contributed by atoms with E-state index in [1.807, 2.05) is 20.8 Å². The molecule has 0 heterocycles. The molecule has 0 spiro atoms. The Bertz CT molecular complexity index is 156. The molecule has 0 rings (SSSR count). The van der Waals surface area contributed by atoms with E-state index in [-0.39, 0.29) is 18.3 Å². The van der Waals surface area contributed by atoms with E-state index in [1.165, 1.54) is 0 Å². The third-order valence-corrected chi connectivity index (χ3v) is 1.84. The normalized spacial score (nSPS) is 11.7. The van der Waals surface area contributed by atoms with Gasteiger partial charge in [0.2, 0.25) is 5.91 Å². The van der Waals surface area contributed by atoms with Gasteiger partial charge >= 0.3 is 0 Å². The highest BCUT2D eigenvalue weighted by Crippen LogP contribution is 1.84. The molecule has 0 aromatic heterocycles. The molecule has 0 aliphatic rings. The summed E-state index contributed by atoms with van der Waals surface area (Å²) in [6.45, 7) is 8.80. The Morgan fingerprint density at radius 3 is 2.60 bits per heavy atom. The predicted molar refractivity (Wildman–Crippen MR) is 64.5 cm³/mol. The van der Waals surface area contributed by atoms with Crippen molar-refractivity contribution in [1.29, 1.82) is 0 Å². The first kappa shape index (κ1) is 17.1. The van der Waals surface area contributed by atoms with Crippen LogP contribution in [0.4, 0.5) is 0 Å². The number of likely N-dealkylation sites (N-methyl/N-ethyl adjacent to an activating group) is 1. The van der Waals surface area contributed by atoms with Gasteiger partial charge in [0.1, 0.15) is 0 Å². The number of hydrogen-bond donors (Lipinski definition) is 2. The molecule has 1 amide bonds. The number of carbonyl (C=O) groups excluding carboxylic acids is 1. The standard InChI is InChI=1S/C10H22N2O2.ClH/c1-4-11-9(3)8-12-10(13)6-7-14-5-2;/h9,11H,4-8H2,1-3H3,(H,12,13);1H/t9-;/m1./s1. The maximum absolute atomic E-state index is 11.2. The lowest BCUT2D eigenvalue weighted by molar-refractivity contribution is -0.122. The fraction of sp³-hybridized carbons (Fsp3) is 0.900. The molecule has 4 nitrogen and oxygen atoms in total. The number of amides is 1. The van der Waals surface area contributed by atoms with Crippen LogP contribution in [0, 0.1) is 0 Å². The lowest BCUT2D eigenvalue weighted by Crippen LogP contribution is -2.39. The highest BCUT2D eigenvalue weighted by molar-refractivity contribution is 5.85. The second kappa shape index (κ2) is 11.8. The smallest absolute Gasteiger partial charge is 0.222 e. The number of nitrogens with one attached hydrogen (secondary N) is 2. The van der Waals surface area contributed by atoms with Gasteiger partial charge in [-0.1, -0.05) is 6.92 Å². The van der Waals surface area contributed by atoms with Crippen LogP contribution in [-0.2, 0) is 9.53 Å². The molecule has 5 heteroatoms. The van der Waals surface area contributed by atoms with E-state index in [0.29, 0.717) is 32.2 Å². The first-order valence-electron chi connectivity index (χ1n) is 5.28. The molecule has 0 fully saturated rings. The largest absolute Gasteiger partial charge is 0.381 e. The van der Waals surface area contributed by atoms with Gasteiger partial charge in [-0.05, 0) is 20.4 Å². The van der Waals surface area contributed by atoms with Gasteiger partial charge in [0.05, 0.1) is 6.61 Å². The van der Waals surface area contributed by atoms with Gasteiger partial charge < -0.3 is 15.4 Å². The Kier molecular flexibility index (Phi) is 13.4. The molecule has 0 aromatic carbocycles. The summed E-state index contributed by atoms with van der Waals surface area (Å²) in [6.07, 6.45) is 0.451.